The molecule has 0 heterocycles. The van der Waals surface area contributed by atoms with Crippen LogP contribution in [0.25, 0.3) is 6.08 Å². The zero-order valence-electron chi connectivity index (χ0n) is 19.0. The van der Waals surface area contributed by atoms with E-state index < -0.39 is 40.7 Å². The topological polar surface area (TPSA) is 145 Å². The first-order valence-corrected chi connectivity index (χ1v) is 10.6. The van der Waals surface area contributed by atoms with Crippen molar-refractivity contribution in [3.05, 3.63) is 106 Å². The molecule has 0 bridgehead atoms. The Morgan fingerprint density at radius 3 is 2.19 bits per heavy atom. The number of anilines is 1. The summed E-state index contributed by atoms with van der Waals surface area (Å²) < 4.78 is 40.0. The van der Waals surface area contributed by atoms with Crippen molar-refractivity contribution in [3.8, 4) is 0 Å². The molecule has 0 aliphatic heterocycles. The van der Waals surface area contributed by atoms with Gasteiger partial charge in [-0.15, -0.1) is 0 Å². The Hall–Kier alpha value is -4.93. The molecule has 8 nitrogen and oxygen atoms in total. The molecule has 5 N–H and O–H groups in total. The zero-order valence-corrected chi connectivity index (χ0v) is 19.0. The lowest BCUT2D eigenvalue weighted by Gasteiger charge is -2.23. The predicted molar refractivity (Wildman–Crippen MR) is 130 cm³/mol. The maximum atomic E-state index is 13.4. The molecule has 190 valence electrons. The van der Waals surface area contributed by atoms with Crippen LogP contribution in [0.2, 0.25) is 0 Å². The van der Waals surface area contributed by atoms with Crippen LogP contribution >= 0.6 is 0 Å². The van der Waals surface area contributed by atoms with Crippen molar-refractivity contribution in [3.63, 3.8) is 0 Å². The molecule has 0 atom stereocenters. The van der Waals surface area contributed by atoms with Gasteiger partial charge in [0.15, 0.2) is 0 Å². The Morgan fingerprint density at radius 2 is 1.57 bits per heavy atom. The highest BCUT2D eigenvalue weighted by molar-refractivity contribution is 6.09. The maximum Gasteiger partial charge on any atom is 0.416 e. The maximum absolute atomic E-state index is 13.4. The number of amidine groups is 1. The number of carboxylic acids is 2. The van der Waals surface area contributed by atoms with Crippen LogP contribution < -0.4 is 10.6 Å². The number of amides is 1. The number of carbonyl (C=O) groups is 3. The number of nitrogens with one attached hydrogen (secondary N) is 1. The minimum Gasteiger partial charge on any atom is -0.478 e. The van der Waals surface area contributed by atoms with Crippen molar-refractivity contribution in [2.45, 2.75) is 6.18 Å². The van der Waals surface area contributed by atoms with Crippen LogP contribution in [0.15, 0.2) is 72.8 Å². The molecule has 0 saturated carbocycles. The van der Waals surface area contributed by atoms with Crippen molar-refractivity contribution in [2.75, 3.05) is 11.4 Å². The first kappa shape index (κ1) is 26.7. The van der Waals surface area contributed by atoms with E-state index in [2.05, 4.69) is 0 Å². The molecule has 0 aromatic heterocycles. The van der Waals surface area contributed by atoms with E-state index in [1.807, 2.05) is 0 Å². The van der Waals surface area contributed by atoms with Gasteiger partial charge >= 0.3 is 18.1 Å². The number of carboxylic acid groups (broad SMARTS) is 2. The Kier molecular flexibility index (Phi) is 7.76. The van der Waals surface area contributed by atoms with Crippen LogP contribution in [0, 0.1) is 5.41 Å². The highest BCUT2D eigenvalue weighted by atomic mass is 19.4. The monoisotopic (exact) mass is 511 g/mol. The van der Waals surface area contributed by atoms with Crippen LogP contribution in [0.1, 0.15) is 47.8 Å². The number of nitrogens with two attached hydrogens (primary N) is 1. The molecule has 3 aromatic rings. The number of nitrogens with zero attached hydrogens (tertiary/aromatic N) is 1. The Labute approximate surface area is 208 Å². The summed E-state index contributed by atoms with van der Waals surface area (Å²) in [4.78, 5) is 37.3. The van der Waals surface area contributed by atoms with E-state index >= 15 is 0 Å². The summed E-state index contributed by atoms with van der Waals surface area (Å²) in [5.74, 6) is -4.10. The first-order chi connectivity index (χ1) is 17.4. The van der Waals surface area contributed by atoms with E-state index in [1.54, 1.807) is 30.3 Å². The molecule has 1 amide bonds. The molecule has 0 unspecified atom stereocenters. The van der Waals surface area contributed by atoms with Crippen LogP contribution in [0.3, 0.4) is 0 Å². The highest BCUT2D eigenvalue weighted by Gasteiger charge is 2.31. The summed E-state index contributed by atoms with van der Waals surface area (Å²) in [7, 11) is 0. The van der Waals surface area contributed by atoms with Crippen molar-refractivity contribution in [2.24, 2.45) is 5.73 Å². The van der Waals surface area contributed by atoms with Crippen molar-refractivity contribution in [1.29, 1.82) is 5.41 Å². The minimum absolute atomic E-state index is 0.110. The van der Waals surface area contributed by atoms with Crippen LogP contribution in [0.4, 0.5) is 18.9 Å². The molecule has 0 spiro atoms. The van der Waals surface area contributed by atoms with Gasteiger partial charge in [0.1, 0.15) is 5.84 Å². The van der Waals surface area contributed by atoms with Gasteiger partial charge in [-0.05, 0) is 48.0 Å². The van der Waals surface area contributed by atoms with E-state index in [0.717, 1.165) is 41.3 Å². The molecule has 0 aliphatic rings. The number of rotatable bonds is 8. The Bertz CT molecular complexity index is 1420. The molecule has 0 saturated heterocycles. The average Bonchev–Trinajstić information content (AvgIpc) is 2.85. The van der Waals surface area contributed by atoms with E-state index in [1.165, 1.54) is 12.1 Å². The first-order valence-electron chi connectivity index (χ1n) is 10.6. The second-order valence-electron chi connectivity index (χ2n) is 7.78. The second kappa shape index (κ2) is 10.8. The molecule has 37 heavy (non-hydrogen) atoms. The summed E-state index contributed by atoms with van der Waals surface area (Å²) in [6, 6.07) is 13.6. The van der Waals surface area contributed by atoms with E-state index in [9.17, 15) is 37.8 Å². The van der Waals surface area contributed by atoms with E-state index in [0.29, 0.717) is 11.1 Å². The quantitative estimate of drug-likeness (QED) is 0.254. The molecule has 0 aliphatic carbocycles. The fourth-order valence-electron chi connectivity index (χ4n) is 3.46. The molecule has 3 aromatic carbocycles. The Balaban J connectivity index is 2.04. The summed E-state index contributed by atoms with van der Waals surface area (Å²) in [6.07, 6.45) is -1.59. The molecular formula is C26H20F3N3O5. The standard InChI is InChI=1S/C26H20F3N3O5/c27-26(28,29)18-7-2-8-19(14-18)32(11-3-5-15-4-1-6-16(12-15)22(30)31)23(33)17-9-10-20(24(34)35)21(13-17)25(36)37/h1-10,12-14H,11H2,(H3,30,31)(H,34,35)(H,36,37). The summed E-state index contributed by atoms with van der Waals surface area (Å²) >= 11 is 0. The lowest BCUT2D eigenvalue weighted by Crippen LogP contribution is -2.31. The fourth-order valence-corrected chi connectivity index (χ4v) is 3.46. The summed E-state index contributed by atoms with van der Waals surface area (Å²) in [5, 5.41) is 26.1. The van der Waals surface area contributed by atoms with Crippen LogP contribution in [-0.4, -0.2) is 40.4 Å². The van der Waals surface area contributed by atoms with Crippen LogP contribution in [-0.2, 0) is 6.18 Å². The van der Waals surface area contributed by atoms with Crippen molar-refractivity contribution in [1.82, 2.24) is 0 Å². The number of halogens is 3. The van der Waals surface area contributed by atoms with Gasteiger partial charge in [0, 0.05) is 23.4 Å². The molecule has 0 radical (unpaired) electrons. The van der Waals surface area contributed by atoms with Gasteiger partial charge in [0.05, 0.1) is 16.7 Å². The fraction of sp³-hybridized carbons (Fsp3) is 0.0769. The summed E-state index contributed by atoms with van der Waals surface area (Å²) in [6.45, 7) is -0.215. The second-order valence-corrected chi connectivity index (χ2v) is 7.78. The number of alkyl halides is 3. The number of hydrogen-bond donors (Lipinski definition) is 4. The predicted octanol–water partition coefficient (Wildman–Crippen LogP) is 4.75. The van der Waals surface area contributed by atoms with Gasteiger partial charge in [-0.2, -0.15) is 13.2 Å². The van der Waals surface area contributed by atoms with Gasteiger partial charge < -0.3 is 20.8 Å². The lowest BCUT2D eigenvalue weighted by molar-refractivity contribution is -0.137. The van der Waals surface area contributed by atoms with Gasteiger partial charge in [-0.1, -0.05) is 36.4 Å². The largest absolute Gasteiger partial charge is 0.478 e. The summed E-state index contributed by atoms with van der Waals surface area (Å²) in [5.41, 5.74) is 4.04. The zero-order chi connectivity index (χ0) is 27.3. The third kappa shape index (κ3) is 6.40. The normalized spacial score (nSPS) is 11.3. The van der Waals surface area contributed by atoms with Gasteiger partial charge in [0.25, 0.3) is 5.91 Å². The average molecular weight is 511 g/mol. The van der Waals surface area contributed by atoms with E-state index in [-0.39, 0.29) is 23.6 Å². The van der Waals surface area contributed by atoms with E-state index in [4.69, 9.17) is 11.1 Å². The van der Waals surface area contributed by atoms with Gasteiger partial charge in [0.2, 0.25) is 0 Å². The molecule has 3 rings (SSSR count). The number of benzene rings is 3. The number of carbonyl (C=O) groups excluding carboxylic acids is 1. The molecule has 0 fully saturated rings. The Morgan fingerprint density at radius 1 is 0.892 bits per heavy atom. The SMILES string of the molecule is N=C(N)c1cccc(C=CCN(C(=O)c2ccc(C(=O)O)c(C(=O)O)c2)c2cccc(C(F)(F)F)c2)c1. The van der Waals surface area contributed by atoms with Gasteiger partial charge in [-0.3, -0.25) is 10.2 Å². The van der Waals surface area contributed by atoms with Gasteiger partial charge in [-0.25, -0.2) is 9.59 Å². The number of aromatic carboxylic acids is 2. The third-order valence-corrected chi connectivity index (χ3v) is 5.25. The van der Waals surface area contributed by atoms with Crippen molar-refractivity contribution < 1.29 is 37.8 Å². The number of nitrogen functional groups attached to an aromatic ring is 1. The highest BCUT2D eigenvalue weighted by Crippen LogP contribution is 2.32. The molecule has 11 heteroatoms. The van der Waals surface area contributed by atoms with Crippen molar-refractivity contribution >= 4 is 35.4 Å². The molecular weight excluding hydrogens is 491 g/mol. The number of hydrogen-bond acceptors (Lipinski definition) is 4. The van der Waals surface area contributed by atoms with Crippen LogP contribution in [0.5, 0.6) is 0 Å². The third-order valence-electron chi connectivity index (χ3n) is 5.25. The smallest absolute Gasteiger partial charge is 0.416 e. The lowest BCUT2D eigenvalue weighted by atomic mass is 10.0. The minimum atomic E-state index is -4.67.